The van der Waals surface area contributed by atoms with Crippen molar-refractivity contribution < 1.29 is 0 Å². The molecule has 3 nitrogen and oxygen atoms in total. The van der Waals surface area contributed by atoms with E-state index in [1.807, 2.05) is 23.6 Å². The molecule has 0 aliphatic carbocycles. The Hall–Kier alpha value is -2.25. The number of thiophene rings is 1. The van der Waals surface area contributed by atoms with Crippen molar-refractivity contribution in [2.45, 2.75) is 5.92 Å². The van der Waals surface area contributed by atoms with Gasteiger partial charge in [0.05, 0.1) is 18.0 Å². The third kappa shape index (κ3) is 1.75. The maximum absolute atomic E-state index is 9.40. The normalized spacial score (nSPS) is 12.2. The number of aromatic nitrogens is 2. The first-order chi connectivity index (χ1) is 8.90. The lowest BCUT2D eigenvalue weighted by Gasteiger charge is -2.06. The number of hydrogen-bond acceptors (Lipinski definition) is 4. The molecule has 0 saturated carbocycles. The fourth-order valence-corrected chi connectivity index (χ4v) is 2.96. The summed E-state index contributed by atoms with van der Waals surface area (Å²) in [6.45, 7) is 0. The smallest absolute Gasteiger partial charge is 0.116 e. The molecular formula is C14H9N3S. The predicted molar refractivity (Wildman–Crippen MR) is 71.3 cm³/mol. The first-order valence-electron chi connectivity index (χ1n) is 5.52. The molecule has 0 N–H and O–H groups in total. The Morgan fingerprint density at radius 1 is 1.22 bits per heavy atom. The van der Waals surface area contributed by atoms with E-state index >= 15 is 0 Å². The first-order valence-corrected chi connectivity index (χ1v) is 6.40. The van der Waals surface area contributed by atoms with Gasteiger partial charge in [-0.1, -0.05) is 18.2 Å². The number of fused-ring (bicyclic) bond motifs is 1. The van der Waals surface area contributed by atoms with Gasteiger partial charge in [0, 0.05) is 17.1 Å². The number of benzene rings is 1. The fourth-order valence-electron chi connectivity index (χ4n) is 1.98. The summed E-state index contributed by atoms with van der Waals surface area (Å²) < 4.78 is 1.19. The van der Waals surface area contributed by atoms with Crippen LogP contribution in [0.1, 0.15) is 17.2 Å². The molecule has 0 saturated heterocycles. The van der Waals surface area contributed by atoms with Crippen LogP contribution in [0, 0.1) is 11.3 Å². The van der Waals surface area contributed by atoms with E-state index < -0.39 is 0 Å². The van der Waals surface area contributed by atoms with Crippen molar-refractivity contribution in [3.63, 3.8) is 0 Å². The highest BCUT2D eigenvalue weighted by Crippen LogP contribution is 2.33. The highest BCUT2D eigenvalue weighted by Gasteiger charge is 2.18. The topological polar surface area (TPSA) is 49.6 Å². The van der Waals surface area contributed by atoms with Crippen LogP contribution in [0.5, 0.6) is 0 Å². The van der Waals surface area contributed by atoms with E-state index in [-0.39, 0.29) is 5.92 Å². The van der Waals surface area contributed by atoms with Crippen LogP contribution in [0.3, 0.4) is 0 Å². The zero-order valence-corrected chi connectivity index (χ0v) is 10.3. The summed E-state index contributed by atoms with van der Waals surface area (Å²) in [7, 11) is 0. The molecule has 0 bridgehead atoms. The molecule has 0 spiro atoms. The van der Waals surface area contributed by atoms with E-state index in [1.165, 1.54) is 4.70 Å². The SMILES string of the molecule is N#CC(c1cnccn1)c1csc2ccccc12. The Bertz CT molecular complexity index is 712. The molecule has 3 aromatic rings. The lowest BCUT2D eigenvalue weighted by Crippen LogP contribution is -2.00. The minimum absolute atomic E-state index is 0.352. The minimum atomic E-state index is -0.352. The van der Waals surface area contributed by atoms with Crippen LogP contribution in [0.4, 0.5) is 0 Å². The molecule has 18 heavy (non-hydrogen) atoms. The second-order valence-corrected chi connectivity index (χ2v) is 4.79. The summed E-state index contributed by atoms with van der Waals surface area (Å²) in [4.78, 5) is 8.27. The van der Waals surface area contributed by atoms with Crippen LogP contribution in [0.25, 0.3) is 10.1 Å². The van der Waals surface area contributed by atoms with E-state index in [1.54, 1.807) is 29.9 Å². The summed E-state index contributed by atoms with van der Waals surface area (Å²) in [5, 5.41) is 12.6. The van der Waals surface area contributed by atoms with Gasteiger partial charge >= 0.3 is 0 Å². The fraction of sp³-hybridized carbons (Fsp3) is 0.0714. The second kappa shape index (κ2) is 4.55. The van der Waals surface area contributed by atoms with Crippen LogP contribution in [0.15, 0.2) is 48.2 Å². The average molecular weight is 251 g/mol. The third-order valence-electron chi connectivity index (χ3n) is 2.83. The molecule has 0 radical (unpaired) electrons. The van der Waals surface area contributed by atoms with Gasteiger partial charge in [0.2, 0.25) is 0 Å². The van der Waals surface area contributed by atoms with E-state index in [0.29, 0.717) is 5.69 Å². The molecule has 4 heteroatoms. The molecule has 2 heterocycles. The van der Waals surface area contributed by atoms with Crippen molar-refractivity contribution in [3.8, 4) is 6.07 Å². The Balaban J connectivity index is 2.16. The molecule has 3 rings (SSSR count). The Kier molecular flexibility index (Phi) is 2.75. The van der Waals surface area contributed by atoms with Crippen molar-refractivity contribution in [3.05, 3.63) is 59.5 Å². The van der Waals surface area contributed by atoms with Gasteiger partial charge in [0.25, 0.3) is 0 Å². The highest BCUT2D eigenvalue weighted by atomic mass is 32.1. The first kappa shape index (κ1) is 10.9. The van der Waals surface area contributed by atoms with Gasteiger partial charge in [-0.05, 0) is 22.4 Å². The van der Waals surface area contributed by atoms with E-state index in [2.05, 4.69) is 22.1 Å². The monoisotopic (exact) mass is 251 g/mol. The molecule has 2 aromatic heterocycles. The number of nitrogens with zero attached hydrogens (tertiary/aromatic N) is 3. The van der Waals surface area contributed by atoms with Gasteiger partial charge in [-0.25, -0.2) is 0 Å². The molecule has 0 aliphatic rings. The molecule has 0 fully saturated rings. The van der Waals surface area contributed by atoms with E-state index in [9.17, 15) is 5.26 Å². The van der Waals surface area contributed by atoms with Crippen LogP contribution in [0.2, 0.25) is 0 Å². The van der Waals surface area contributed by atoms with Gasteiger partial charge < -0.3 is 0 Å². The van der Waals surface area contributed by atoms with Crippen molar-refractivity contribution in [2.75, 3.05) is 0 Å². The Labute approximate surface area is 108 Å². The predicted octanol–water partition coefficient (Wildman–Crippen LogP) is 3.35. The van der Waals surface area contributed by atoms with E-state index in [4.69, 9.17) is 0 Å². The van der Waals surface area contributed by atoms with Gasteiger partial charge in [0.1, 0.15) is 5.92 Å². The maximum Gasteiger partial charge on any atom is 0.116 e. The molecule has 86 valence electrons. The Morgan fingerprint density at radius 2 is 2.11 bits per heavy atom. The zero-order valence-electron chi connectivity index (χ0n) is 9.45. The zero-order chi connectivity index (χ0) is 12.4. The second-order valence-electron chi connectivity index (χ2n) is 3.88. The van der Waals surface area contributed by atoms with Gasteiger partial charge in [-0.15, -0.1) is 11.3 Å². The summed E-state index contributed by atoms with van der Waals surface area (Å²) >= 11 is 1.65. The van der Waals surface area contributed by atoms with E-state index in [0.717, 1.165) is 10.9 Å². The van der Waals surface area contributed by atoms with Crippen LogP contribution >= 0.6 is 11.3 Å². The number of nitriles is 1. The van der Waals surface area contributed by atoms with Gasteiger partial charge in [0.15, 0.2) is 0 Å². The van der Waals surface area contributed by atoms with Gasteiger partial charge in [-0.2, -0.15) is 5.26 Å². The number of rotatable bonds is 2. The summed E-state index contributed by atoms with van der Waals surface area (Å²) in [5.41, 5.74) is 1.71. The minimum Gasteiger partial charge on any atom is -0.261 e. The molecule has 1 unspecified atom stereocenters. The number of hydrogen-bond donors (Lipinski definition) is 0. The molecule has 0 amide bonds. The van der Waals surface area contributed by atoms with Crippen LogP contribution in [-0.4, -0.2) is 9.97 Å². The lowest BCUT2D eigenvalue weighted by molar-refractivity contribution is 0.953. The highest BCUT2D eigenvalue weighted by molar-refractivity contribution is 7.17. The standard InChI is InChI=1S/C14H9N3S/c15-7-11(13-8-16-5-6-17-13)12-9-18-14-4-2-1-3-10(12)14/h1-6,8-9,11H. The third-order valence-corrected chi connectivity index (χ3v) is 3.81. The van der Waals surface area contributed by atoms with Crippen molar-refractivity contribution in [1.29, 1.82) is 5.26 Å². The summed E-state index contributed by atoms with van der Waals surface area (Å²) in [5.74, 6) is -0.352. The molecular weight excluding hydrogens is 242 g/mol. The lowest BCUT2D eigenvalue weighted by atomic mass is 9.97. The van der Waals surface area contributed by atoms with Gasteiger partial charge in [-0.3, -0.25) is 9.97 Å². The Morgan fingerprint density at radius 3 is 2.89 bits per heavy atom. The largest absolute Gasteiger partial charge is 0.261 e. The van der Waals surface area contributed by atoms with Crippen molar-refractivity contribution in [2.24, 2.45) is 0 Å². The summed E-state index contributed by atoms with van der Waals surface area (Å²) in [6, 6.07) is 10.4. The van der Waals surface area contributed by atoms with Crippen molar-refractivity contribution >= 4 is 21.4 Å². The van der Waals surface area contributed by atoms with Crippen molar-refractivity contribution in [1.82, 2.24) is 9.97 Å². The molecule has 1 atom stereocenters. The van der Waals surface area contributed by atoms with Crippen LogP contribution < -0.4 is 0 Å². The van der Waals surface area contributed by atoms with Crippen LogP contribution in [-0.2, 0) is 0 Å². The average Bonchev–Trinajstić information content (AvgIpc) is 2.85. The molecule has 1 aromatic carbocycles. The molecule has 0 aliphatic heterocycles. The maximum atomic E-state index is 9.40. The quantitative estimate of drug-likeness (QED) is 0.701. The summed E-state index contributed by atoms with van der Waals surface area (Å²) in [6.07, 6.45) is 4.89.